The molecule has 5 heteroatoms. The van der Waals surface area contributed by atoms with E-state index in [1.54, 1.807) is 0 Å². The summed E-state index contributed by atoms with van der Waals surface area (Å²) >= 11 is 0. The minimum atomic E-state index is -0.149. The first kappa shape index (κ1) is 22.7. The van der Waals surface area contributed by atoms with Crippen LogP contribution in [-0.2, 0) is 10.8 Å². The van der Waals surface area contributed by atoms with E-state index in [1.165, 1.54) is 83.3 Å². The Kier molecular flexibility index (Phi) is 3.61. The van der Waals surface area contributed by atoms with Gasteiger partial charge in [-0.15, -0.1) is 0 Å². The molecule has 202 valence electrons. The molecule has 0 fully saturated rings. The van der Waals surface area contributed by atoms with Crippen LogP contribution in [0, 0.1) is 0 Å². The van der Waals surface area contributed by atoms with Crippen molar-refractivity contribution in [3.8, 4) is 33.6 Å². The summed E-state index contributed by atoms with van der Waals surface area (Å²) in [7, 11) is 0. The summed E-state index contributed by atoms with van der Waals surface area (Å²) in [6, 6.07) is 29.5. The largest absolute Gasteiger partial charge is 0.300 e. The van der Waals surface area contributed by atoms with E-state index in [0.29, 0.717) is 0 Å². The molecule has 2 aliphatic heterocycles. The van der Waals surface area contributed by atoms with Crippen LogP contribution in [0.5, 0.6) is 0 Å². The van der Waals surface area contributed by atoms with Gasteiger partial charge in [-0.25, -0.2) is 9.97 Å². The van der Waals surface area contributed by atoms with Gasteiger partial charge < -0.3 is 0 Å². The van der Waals surface area contributed by atoms with Crippen LogP contribution in [0.25, 0.3) is 55.7 Å². The Hall–Kier alpha value is -4.90. The van der Waals surface area contributed by atoms with Gasteiger partial charge in [0, 0.05) is 22.2 Å². The zero-order valence-corrected chi connectivity index (χ0v) is 24.5. The normalized spacial score (nSPS) is 16.7. The molecule has 0 unspecified atom stereocenters. The van der Waals surface area contributed by atoms with Crippen LogP contribution in [0.3, 0.4) is 0 Å². The van der Waals surface area contributed by atoms with Gasteiger partial charge in [0.05, 0.1) is 22.1 Å². The molecule has 0 spiro atoms. The standard InChI is InChI=1S/C38H27BN4/c1-37(2)24-12-7-5-10-20(24)22-16-26-35-33(30(22)37)39-32-28(42(35)18-40-26)14-9-15-29(32)43-19-41-27-17-23-21-11-6-8-13-25(21)38(3,4)31(23)34(39)36(27)43/h5-19H,1-4H3. The molecule has 2 aliphatic carbocycles. The number of nitrogens with zero attached hydrogens (tertiary/aromatic N) is 4. The van der Waals surface area contributed by atoms with E-state index >= 15 is 0 Å². The lowest BCUT2D eigenvalue weighted by molar-refractivity contribution is 0.663. The topological polar surface area (TPSA) is 35.6 Å². The van der Waals surface area contributed by atoms with Gasteiger partial charge in [-0.3, -0.25) is 9.13 Å². The number of aromatic nitrogens is 4. The monoisotopic (exact) mass is 550 g/mol. The molecule has 2 aromatic heterocycles. The molecule has 11 rings (SSSR count). The Labute approximate surface area is 249 Å². The number of hydrogen-bond donors (Lipinski definition) is 0. The summed E-state index contributed by atoms with van der Waals surface area (Å²) in [5, 5.41) is 0. The van der Waals surface area contributed by atoms with E-state index in [1.807, 2.05) is 12.7 Å². The van der Waals surface area contributed by atoms with Gasteiger partial charge in [-0.2, -0.15) is 0 Å². The SMILES string of the molecule is CC1(C)c2ccccc2-c2cc3ncn4c3c(c21)B1c2c-4cccc2-n2cnc3cc4c(c1c32)C(C)(C)c1ccccc1-4. The maximum absolute atomic E-state index is 5.07. The van der Waals surface area contributed by atoms with E-state index in [2.05, 4.69) is 116 Å². The smallest absolute Gasteiger partial charge is 0.253 e. The molecule has 0 amide bonds. The van der Waals surface area contributed by atoms with Crippen LogP contribution in [0.15, 0.2) is 91.5 Å². The van der Waals surface area contributed by atoms with Crippen LogP contribution >= 0.6 is 0 Å². The third-order valence-corrected chi connectivity index (χ3v) is 11.2. The highest BCUT2D eigenvalue weighted by molar-refractivity contribution is 7.01. The first-order chi connectivity index (χ1) is 20.9. The first-order valence-electron chi connectivity index (χ1n) is 15.3. The third kappa shape index (κ3) is 2.30. The molecule has 0 saturated carbocycles. The molecule has 4 aliphatic rings. The van der Waals surface area contributed by atoms with Crippen molar-refractivity contribution in [2.24, 2.45) is 0 Å². The van der Waals surface area contributed by atoms with Crippen molar-refractivity contribution < 1.29 is 0 Å². The molecule has 0 N–H and O–H groups in total. The summed E-state index contributed by atoms with van der Waals surface area (Å²) in [6.07, 6.45) is 4.09. The van der Waals surface area contributed by atoms with Gasteiger partial charge in [-0.05, 0) is 85.2 Å². The molecule has 0 radical (unpaired) electrons. The maximum Gasteiger partial charge on any atom is 0.253 e. The van der Waals surface area contributed by atoms with Crippen LogP contribution in [0.4, 0.5) is 0 Å². The van der Waals surface area contributed by atoms with Gasteiger partial charge in [0.25, 0.3) is 6.71 Å². The molecule has 0 atom stereocenters. The molecule has 4 heterocycles. The Morgan fingerprint density at radius 3 is 1.49 bits per heavy atom. The molecule has 43 heavy (non-hydrogen) atoms. The fourth-order valence-electron chi connectivity index (χ4n) is 9.60. The Morgan fingerprint density at radius 1 is 0.535 bits per heavy atom. The summed E-state index contributed by atoms with van der Waals surface area (Å²) in [4.78, 5) is 10.1. The first-order valence-corrected chi connectivity index (χ1v) is 15.3. The third-order valence-electron chi connectivity index (χ3n) is 11.2. The van der Waals surface area contributed by atoms with E-state index in [4.69, 9.17) is 9.97 Å². The number of hydrogen-bond acceptors (Lipinski definition) is 2. The number of benzene rings is 5. The lowest BCUT2D eigenvalue weighted by atomic mass is 9.31. The maximum atomic E-state index is 5.07. The van der Waals surface area contributed by atoms with Gasteiger partial charge in [0.1, 0.15) is 12.7 Å². The molecular formula is C38H27BN4. The second-order valence-corrected chi connectivity index (χ2v) is 13.9. The summed E-state index contributed by atoms with van der Waals surface area (Å²) in [5.41, 5.74) is 22.0. The highest BCUT2D eigenvalue weighted by Gasteiger charge is 2.50. The van der Waals surface area contributed by atoms with E-state index in [0.717, 1.165) is 11.0 Å². The van der Waals surface area contributed by atoms with Crippen LogP contribution in [-0.4, -0.2) is 25.8 Å². The van der Waals surface area contributed by atoms with Crippen molar-refractivity contribution >= 4 is 45.2 Å². The van der Waals surface area contributed by atoms with E-state index in [9.17, 15) is 0 Å². The predicted molar refractivity (Wildman–Crippen MR) is 175 cm³/mol. The highest BCUT2D eigenvalue weighted by Crippen LogP contribution is 2.52. The molecule has 0 saturated heterocycles. The molecule has 4 nitrogen and oxygen atoms in total. The van der Waals surface area contributed by atoms with E-state index in [-0.39, 0.29) is 17.5 Å². The van der Waals surface area contributed by atoms with Crippen LogP contribution in [0.2, 0.25) is 0 Å². The fraction of sp³-hybridized carbons (Fsp3) is 0.158. The fourth-order valence-corrected chi connectivity index (χ4v) is 9.60. The molecule has 7 aromatic rings. The Morgan fingerprint density at radius 2 is 1.00 bits per heavy atom. The summed E-state index contributed by atoms with van der Waals surface area (Å²) in [6.45, 7) is 9.73. The van der Waals surface area contributed by atoms with Crippen molar-refractivity contribution in [3.05, 3.63) is 114 Å². The summed E-state index contributed by atoms with van der Waals surface area (Å²) in [5.74, 6) is 0. The number of rotatable bonds is 0. The van der Waals surface area contributed by atoms with Crippen molar-refractivity contribution in [2.75, 3.05) is 0 Å². The van der Waals surface area contributed by atoms with Crippen LogP contribution in [0.1, 0.15) is 49.9 Å². The average molecular weight is 550 g/mol. The zero-order valence-electron chi connectivity index (χ0n) is 24.5. The van der Waals surface area contributed by atoms with Crippen molar-refractivity contribution in [1.29, 1.82) is 0 Å². The van der Waals surface area contributed by atoms with Gasteiger partial charge >= 0.3 is 0 Å². The molecule has 5 aromatic carbocycles. The number of fused-ring (bicyclic) bond motifs is 12. The second kappa shape index (κ2) is 6.84. The van der Waals surface area contributed by atoms with Crippen molar-refractivity contribution in [3.63, 3.8) is 0 Å². The predicted octanol–water partition coefficient (Wildman–Crippen LogP) is 6.12. The Balaban J connectivity index is 1.39. The Bertz CT molecular complexity index is 2300. The average Bonchev–Trinajstić information content (AvgIpc) is 3.75. The van der Waals surface area contributed by atoms with Crippen molar-refractivity contribution in [1.82, 2.24) is 19.1 Å². The van der Waals surface area contributed by atoms with E-state index < -0.39 is 0 Å². The summed E-state index contributed by atoms with van der Waals surface area (Å²) < 4.78 is 4.73. The quantitative estimate of drug-likeness (QED) is 0.213. The minimum absolute atomic E-state index is 0.0664. The van der Waals surface area contributed by atoms with Crippen LogP contribution < -0.4 is 16.4 Å². The van der Waals surface area contributed by atoms with Crippen molar-refractivity contribution in [2.45, 2.75) is 38.5 Å². The molecule has 0 bridgehead atoms. The second-order valence-electron chi connectivity index (χ2n) is 13.9. The lowest BCUT2D eigenvalue weighted by Gasteiger charge is -2.38. The van der Waals surface area contributed by atoms with Gasteiger partial charge in [0.2, 0.25) is 0 Å². The lowest BCUT2D eigenvalue weighted by Crippen LogP contribution is -2.62. The highest BCUT2D eigenvalue weighted by atomic mass is 15.1. The number of imidazole rings is 2. The zero-order chi connectivity index (χ0) is 28.6. The minimum Gasteiger partial charge on any atom is -0.300 e. The molecular weight excluding hydrogens is 523 g/mol. The van der Waals surface area contributed by atoms with Gasteiger partial charge in [-0.1, -0.05) is 82.3 Å². The van der Waals surface area contributed by atoms with Gasteiger partial charge in [0.15, 0.2) is 0 Å².